The van der Waals surface area contributed by atoms with Crippen LogP contribution in [0.2, 0.25) is 0 Å². The summed E-state index contributed by atoms with van der Waals surface area (Å²) in [6, 6.07) is 7.79. The third-order valence-corrected chi connectivity index (χ3v) is 5.29. The average molecular weight is 434 g/mol. The van der Waals surface area contributed by atoms with Gasteiger partial charge in [-0.15, -0.1) is 0 Å². The molecule has 1 fully saturated rings. The van der Waals surface area contributed by atoms with Crippen LogP contribution < -0.4 is 10.2 Å². The number of halogens is 2. The number of nitro groups is 1. The van der Waals surface area contributed by atoms with E-state index in [0.29, 0.717) is 29.5 Å². The molecular weight excluding hydrogens is 417 g/mol. The van der Waals surface area contributed by atoms with Crippen molar-refractivity contribution in [2.75, 3.05) is 16.8 Å². The third-order valence-electron chi connectivity index (χ3n) is 4.83. The molecule has 0 saturated heterocycles. The number of benzene rings is 2. The maximum absolute atomic E-state index is 14.5. The van der Waals surface area contributed by atoms with Gasteiger partial charge < -0.3 is 10.2 Å². The highest BCUT2D eigenvalue weighted by Gasteiger charge is 2.30. The largest absolute Gasteiger partial charge is 0.377 e. The standard InChI is InChI=1S/C19H17BrFN3O3/c20-13-8-11-2-1-7-23(18(11)15(21)10-13)19(25)12-3-6-16(22-14-4-5-14)17(9-12)24(26)27/h3,6,8-10,14,22H,1-2,4-5,7H2. The topological polar surface area (TPSA) is 75.5 Å². The zero-order valence-electron chi connectivity index (χ0n) is 14.4. The molecule has 1 aliphatic heterocycles. The lowest BCUT2D eigenvalue weighted by molar-refractivity contribution is -0.384. The Morgan fingerprint density at radius 1 is 1.30 bits per heavy atom. The first-order valence-electron chi connectivity index (χ1n) is 8.79. The predicted octanol–water partition coefficient (Wildman–Crippen LogP) is 4.66. The molecule has 2 aromatic rings. The Kier molecular flexibility index (Phi) is 4.59. The van der Waals surface area contributed by atoms with Crippen molar-refractivity contribution in [1.29, 1.82) is 0 Å². The van der Waals surface area contributed by atoms with Crippen molar-refractivity contribution in [2.24, 2.45) is 0 Å². The normalized spacial score (nSPS) is 16.0. The summed E-state index contributed by atoms with van der Waals surface area (Å²) < 4.78 is 15.2. The van der Waals surface area contributed by atoms with E-state index in [9.17, 15) is 19.3 Å². The summed E-state index contributed by atoms with van der Waals surface area (Å²) >= 11 is 3.28. The monoisotopic (exact) mass is 433 g/mol. The van der Waals surface area contributed by atoms with Crippen LogP contribution in [-0.2, 0) is 6.42 Å². The lowest BCUT2D eigenvalue weighted by Crippen LogP contribution is -2.36. The van der Waals surface area contributed by atoms with E-state index in [0.717, 1.165) is 18.4 Å². The van der Waals surface area contributed by atoms with Crippen LogP contribution in [0.5, 0.6) is 0 Å². The Labute approximate surface area is 163 Å². The van der Waals surface area contributed by atoms with Crippen LogP contribution in [0.15, 0.2) is 34.8 Å². The van der Waals surface area contributed by atoms with Crippen molar-refractivity contribution < 1.29 is 14.1 Å². The lowest BCUT2D eigenvalue weighted by Gasteiger charge is -2.30. The highest BCUT2D eigenvalue weighted by molar-refractivity contribution is 9.10. The van der Waals surface area contributed by atoms with Crippen LogP contribution >= 0.6 is 15.9 Å². The van der Waals surface area contributed by atoms with Crippen LogP contribution in [0.25, 0.3) is 0 Å². The Morgan fingerprint density at radius 2 is 2.07 bits per heavy atom. The maximum Gasteiger partial charge on any atom is 0.293 e. The molecule has 2 aliphatic rings. The van der Waals surface area contributed by atoms with Crippen LogP contribution in [0.4, 0.5) is 21.5 Å². The number of nitro benzene ring substituents is 1. The maximum atomic E-state index is 14.5. The summed E-state index contributed by atoms with van der Waals surface area (Å²) in [5.74, 6) is -0.910. The molecule has 4 rings (SSSR count). The van der Waals surface area contributed by atoms with Crippen molar-refractivity contribution in [3.8, 4) is 0 Å². The summed E-state index contributed by atoms with van der Waals surface area (Å²) in [5, 5.41) is 14.6. The van der Waals surface area contributed by atoms with Gasteiger partial charge in [-0.05, 0) is 55.5 Å². The van der Waals surface area contributed by atoms with E-state index in [1.807, 2.05) is 6.07 Å². The fourth-order valence-corrected chi connectivity index (χ4v) is 3.87. The number of nitrogens with one attached hydrogen (secondary N) is 1. The van der Waals surface area contributed by atoms with Gasteiger partial charge in [0, 0.05) is 28.7 Å². The second-order valence-electron chi connectivity index (χ2n) is 6.86. The lowest BCUT2D eigenvalue weighted by atomic mass is 10.00. The molecule has 1 amide bonds. The summed E-state index contributed by atoms with van der Waals surface area (Å²) in [6.07, 6.45) is 3.35. The first-order chi connectivity index (χ1) is 12.9. The van der Waals surface area contributed by atoms with Gasteiger partial charge in [0.25, 0.3) is 11.6 Å². The third kappa shape index (κ3) is 3.53. The minimum absolute atomic E-state index is 0.138. The molecule has 8 heteroatoms. The Bertz CT molecular complexity index is 946. The number of fused-ring (bicyclic) bond motifs is 1. The van der Waals surface area contributed by atoms with Crippen LogP contribution in [0.1, 0.15) is 35.2 Å². The Hall–Kier alpha value is -2.48. The number of anilines is 2. The van der Waals surface area contributed by atoms with Crippen LogP contribution in [0, 0.1) is 15.9 Å². The molecule has 0 atom stereocenters. The molecule has 0 unspecified atom stereocenters. The minimum atomic E-state index is -0.497. The number of carbonyl (C=O) groups is 1. The van der Waals surface area contributed by atoms with Gasteiger partial charge in [-0.3, -0.25) is 14.9 Å². The summed E-state index contributed by atoms with van der Waals surface area (Å²) in [6.45, 7) is 0.375. The SMILES string of the molecule is O=C(c1ccc(NC2CC2)c([N+](=O)[O-])c1)N1CCCc2cc(Br)cc(F)c21. The van der Waals surface area contributed by atoms with Crippen LogP contribution in [-0.4, -0.2) is 23.4 Å². The van der Waals surface area contributed by atoms with Gasteiger partial charge in [-0.25, -0.2) is 4.39 Å². The zero-order valence-corrected chi connectivity index (χ0v) is 16.0. The molecule has 0 radical (unpaired) electrons. The van der Waals surface area contributed by atoms with Gasteiger partial charge in [0.05, 0.1) is 10.6 Å². The smallest absolute Gasteiger partial charge is 0.293 e. The molecule has 27 heavy (non-hydrogen) atoms. The molecular formula is C19H17BrFN3O3. The highest BCUT2D eigenvalue weighted by Crippen LogP contribution is 2.35. The van der Waals surface area contributed by atoms with E-state index >= 15 is 0 Å². The van der Waals surface area contributed by atoms with E-state index in [-0.39, 0.29) is 23.0 Å². The van der Waals surface area contributed by atoms with Crippen molar-refractivity contribution in [1.82, 2.24) is 0 Å². The molecule has 6 nitrogen and oxygen atoms in total. The van der Waals surface area contributed by atoms with Gasteiger partial charge in [0.15, 0.2) is 0 Å². The van der Waals surface area contributed by atoms with E-state index in [1.165, 1.54) is 17.0 Å². The number of amides is 1. The number of nitrogens with zero attached hydrogens (tertiary/aromatic N) is 2. The number of hydrogen-bond donors (Lipinski definition) is 1. The van der Waals surface area contributed by atoms with Crippen molar-refractivity contribution in [3.05, 3.63) is 61.9 Å². The van der Waals surface area contributed by atoms with Gasteiger partial charge in [-0.2, -0.15) is 0 Å². The molecule has 140 valence electrons. The highest BCUT2D eigenvalue weighted by atomic mass is 79.9. The second-order valence-corrected chi connectivity index (χ2v) is 7.78. The minimum Gasteiger partial charge on any atom is -0.377 e. The Balaban J connectivity index is 1.70. The van der Waals surface area contributed by atoms with Crippen molar-refractivity contribution in [3.63, 3.8) is 0 Å². The van der Waals surface area contributed by atoms with Gasteiger partial charge in [0.1, 0.15) is 11.5 Å². The first-order valence-corrected chi connectivity index (χ1v) is 9.58. The van der Waals surface area contributed by atoms with Gasteiger partial charge in [0.2, 0.25) is 0 Å². The Morgan fingerprint density at radius 3 is 2.78 bits per heavy atom. The van der Waals surface area contributed by atoms with Gasteiger partial charge >= 0.3 is 0 Å². The molecule has 0 spiro atoms. The second kappa shape index (κ2) is 6.92. The molecule has 0 aromatic heterocycles. The van der Waals surface area contributed by atoms with E-state index < -0.39 is 16.6 Å². The molecule has 1 heterocycles. The molecule has 1 aliphatic carbocycles. The summed E-state index contributed by atoms with van der Waals surface area (Å²) in [5.41, 5.74) is 1.47. The number of rotatable bonds is 4. The van der Waals surface area contributed by atoms with E-state index in [2.05, 4.69) is 21.2 Å². The molecule has 0 bridgehead atoms. The average Bonchev–Trinajstić information content (AvgIpc) is 3.44. The summed E-state index contributed by atoms with van der Waals surface area (Å²) in [4.78, 5) is 25.4. The van der Waals surface area contributed by atoms with Crippen molar-refractivity contribution >= 4 is 38.9 Å². The molecule has 1 saturated carbocycles. The fraction of sp³-hybridized carbons (Fsp3) is 0.316. The van der Waals surface area contributed by atoms with Gasteiger partial charge in [-0.1, -0.05) is 15.9 Å². The summed E-state index contributed by atoms with van der Waals surface area (Å²) in [7, 11) is 0. The van der Waals surface area contributed by atoms with E-state index in [4.69, 9.17) is 0 Å². The first kappa shape index (κ1) is 17.9. The molecule has 2 aromatic carbocycles. The van der Waals surface area contributed by atoms with Crippen LogP contribution in [0.3, 0.4) is 0 Å². The molecule has 1 N–H and O–H groups in total. The number of hydrogen-bond acceptors (Lipinski definition) is 4. The predicted molar refractivity (Wildman–Crippen MR) is 104 cm³/mol. The quantitative estimate of drug-likeness (QED) is 0.561. The zero-order chi connectivity index (χ0) is 19.1. The number of aryl methyl sites for hydroxylation is 1. The van der Waals surface area contributed by atoms with E-state index in [1.54, 1.807) is 12.1 Å². The fourth-order valence-electron chi connectivity index (χ4n) is 3.40. The number of carbonyl (C=O) groups excluding carboxylic acids is 1. The van der Waals surface area contributed by atoms with Crippen molar-refractivity contribution in [2.45, 2.75) is 31.7 Å².